The highest BCUT2D eigenvalue weighted by molar-refractivity contribution is 5.81. The number of carbonyl (C=O) groups excluding carboxylic acids is 1. The summed E-state index contributed by atoms with van der Waals surface area (Å²) >= 11 is 0. The first-order valence-corrected chi connectivity index (χ1v) is 12.4. The molecule has 0 spiro atoms. The number of nitrogens with one attached hydrogen (secondary N) is 1. The van der Waals surface area contributed by atoms with Gasteiger partial charge in [0.05, 0.1) is 18.3 Å². The Bertz CT molecular complexity index is 1190. The van der Waals surface area contributed by atoms with E-state index in [0.717, 1.165) is 36.5 Å². The number of fused-ring (bicyclic) bond motifs is 1. The van der Waals surface area contributed by atoms with Crippen LogP contribution in [-0.4, -0.2) is 54.5 Å². The molecule has 0 bridgehead atoms. The second kappa shape index (κ2) is 12.0. The number of amides is 1. The number of benzene rings is 2. The van der Waals surface area contributed by atoms with Crippen molar-refractivity contribution in [1.29, 1.82) is 0 Å². The minimum absolute atomic E-state index is 0.0698. The molecular formula is C28H30FN3O5. The Kier molecular flexibility index (Phi) is 8.12. The summed E-state index contributed by atoms with van der Waals surface area (Å²) in [6.07, 6.45) is 2.83. The average molecular weight is 508 g/mol. The van der Waals surface area contributed by atoms with Gasteiger partial charge in [-0.25, -0.2) is 4.39 Å². The molecule has 0 aliphatic carbocycles. The zero-order valence-corrected chi connectivity index (χ0v) is 20.5. The zero-order chi connectivity index (χ0) is 25.5. The lowest BCUT2D eigenvalue weighted by molar-refractivity contribution is -0.129. The molecule has 2 aromatic carbocycles. The van der Waals surface area contributed by atoms with Gasteiger partial charge in [0, 0.05) is 38.5 Å². The summed E-state index contributed by atoms with van der Waals surface area (Å²) < 4.78 is 36.8. The molecule has 8 nitrogen and oxygen atoms in total. The molecule has 2 aliphatic heterocycles. The van der Waals surface area contributed by atoms with Crippen molar-refractivity contribution in [3.8, 4) is 17.2 Å². The molecule has 9 heteroatoms. The maximum atomic E-state index is 13.9. The number of nitrogens with zero attached hydrogens (tertiary/aromatic N) is 2. The Hall–Kier alpha value is -3.69. The maximum Gasteiger partial charge on any atom is 0.262 e. The first-order chi connectivity index (χ1) is 18.1. The third-order valence-electron chi connectivity index (χ3n) is 6.29. The number of ether oxygens (including phenoxy) is 4. The summed E-state index contributed by atoms with van der Waals surface area (Å²) in [5.41, 5.74) is 1.75. The highest BCUT2D eigenvalue weighted by atomic mass is 19.1. The largest absolute Gasteiger partial charge is 0.479 e. The molecule has 2 atom stereocenters. The Labute approximate surface area is 215 Å². The van der Waals surface area contributed by atoms with Gasteiger partial charge in [-0.3, -0.25) is 14.7 Å². The molecule has 1 aromatic heterocycles. The Balaban J connectivity index is 1.34. The third-order valence-corrected chi connectivity index (χ3v) is 6.29. The van der Waals surface area contributed by atoms with Crippen LogP contribution in [0.5, 0.6) is 17.2 Å². The van der Waals surface area contributed by atoms with Gasteiger partial charge in [0.25, 0.3) is 5.91 Å². The molecule has 0 saturated carbocycles. The topological polar surface area (TPSA) is 82.2 Å². The van der Waals surface area contributed by atoms with Crippen molar-refractivity contribution in [3.63, 3.8) is 0 Å². The van der Waals surface area contributed by atoms with E-state index in [9.17, 15) is 9.18 Å². The highest BCUT2D eigenvalue weighted by Crippen LogP contribution is 2.33. The molecule has 37 heavy (non-hydrogen) atoms. The lowest BCUT2D eigenvalue weighted by Gasteiger charge is -2.29. The predicted molar refractivity (Wildman–Crippen MR) is 134 cm³/mol. The first kappa shape index (κ1) is 25.0. The van der Waals surface area contributed by atoms with E-state index >= 15 is 0 Å². The minimum Gasteiger partial charge on any atom is -0.479 e. The van der Waals surface area contributed by atoms with Crippen molar-refractivity contribution in [1.82, 2.24) is 15.2 Å². The normalized spacial score (nSPS) is 17.1. The van der Waals surface area contributed by atoms with Crippen LogP contribution in [0.3, 0.4) is 0 Å². The van der Waals surface area contributed by atoms with Crippen LogP contribution in [0.4, 0.5) is 4.39 Å². The summed E-state index contributed by atoms with van der Waals surface area (Å²) in [6.45, 7) is 2.65. The quantitative estimate of drug-likeness (QED) is 0.424. The number of pyridine rings is 1. The van der Waals surface area contributed by atoms with Gasteiger partial charge in [-0.05, 0) is 54.8 Å². The molecule has 0 radical (unpaired) electrons. The van der Waals surface area contributed by atoms with Crippen LogP contribution in [0.1, 0.15) is 24.1 Å². The van der Waals surface area contributed by atoms with Gasteiger partial charge in [0.1, 0.15) is 11.6 Å². The zero-order valence-electron chi connectivity index (χ0n) is 20.5. The maximum absolute atomic E-state index is 13.9. The SMILES string of the molecule is O=C(NCc1ccccn1)[C@@H](CN(Cc1ccc2c(c1)OCO2)C[C@@H]1CCCO1)Oc1cccc(F)c1. The van der Waals surface area contributed by atoms with Gasteiger partial charge in [-0.2, -0.15) is 0 Å². The summed E-state index contributed by atoms with van der Waals surface area (Å²) in [7, 11) is 0. The second-order valence-electron chi connectivity index (χ2n) is 9.12. The summed E-state index contributed by atoms with van der Waals surface area (Å²) in [5, 5.41) is 2.92. The van der Waals surface area contributed by atoms with Crippen molar-refractivity contribution in [2.45, 2.75) is 38.1 Å². The van der Waals surface area contributed by atoms with Gasteiger partial charge in [0.15, 0.2) is 17.6 Å². The van der Waals surface area contributed by atoms with E-state index in [2.05, 4.69) is 15.2 Å². The van der Waals surface area contributed by atoms with Crippen LogP contribution >= 0.6 is 0 Å². The fraction of sp³-hybridized carbons (Fsp3) is 0.357. The summed E-state index contributed by atoms with van der Waals surface area (Å²) in [6, 6.07) is 17.2. The van der Waals surface area contributed by atoms with Crippen molar-refractivity contribution in [2.75, 3.05) is 26.5 Å². The standard InChI is InChI=1S/C28H30FN3O5/c29-21-5-3-7-23(14-21)37-27(28(33)31-15-22-6-1-2-11-30-22)18-32(17-24-8-4-12-34-24)16-20-9-10-25-26(13-20)36-19-35-25/h1-3,5-7,9-11,13-14,24,27H,4,8,12,15-19H2,(H,31,33)/t24-,27+/m0/s1. The van der Waals surface area contributed by atoms with Crippen molar-refractivity contribution in [3.05, 3.63) is 83.9 Å². The van der Waals surface area contributed by atoms with Crippen molar-refractivity contribution in [2.24, 2.45) is 0 Å². The van der Waals surface area contributed by atoms with Gasteiger partial charge < -0.3 is 24.3 Å². The minimum atomic E-state index is -0.888. The second-order valence-corrected chi connectivity index (χ2v) is 9.12. The molecule has 0 unspecified atom stereocenters. The molecule has 3 heterocycles. The molecular weight excluding hydrogens is 477 g/mol. The fourth-order valence-corrected chi connectivity index (χ4v) is 4.48. The van der Waals surface area contributed by atoms with E-state index in [1.807, 2.05) is 36.4 Å². The van der Waals surface area contributed by atoms with Crippen LogP contribution in [0.25, 0.3) is 0 Å². The molecule has 1 amide bonds. The molecule has 1 saturated heterocycles. The number of aromatic nitrogens is 1. The van der Waals surface area contributed by atoms with Crippen LogP contribution < -0.4 is 19.5 Å². The number of rotatable bonds is 11. The number of halogens is 1. The lowest BCUT2D eigenvalue weighted by atomic mass is 10.1. The van der Waals surface area contributed by atoms with Crippen LogP contribution in [0.15, 0.2) is 66.9 Å². The molecule has 3 aromatic rings. The third kappa shape index (κ3) is 6.96. The smallest absolute Gasteiger partial charge is 0.262 e. The molecule has 2 aliphatic rings. The van der Waals surface area contributed by atoms with Crippen LogP contribution in [0.2, 0.25) is 0 Å². The van der Waals surface area contributed by atoms with Gasteiger partial charge >= 0.3 is 0 Å². The number of hydrogen-bond acceptors (Lipinski definition) is 7. The summed E-state index contributed by atoms with van der Waals surface area (Å²) in [4.78, 5) is 19.7. The molecule has 1 fully saturated rings. The van der Waals surface area contributed by atoms with Crippen LogP contribution in [0, 0.1) is 5.82 Å². The number of hydrogen-bond donors (Lipinski definition) is 1. The average Bonchev–Trinajstić information content (AvgIpc) is 3.59. The van der Waals surface area contributed by atoms with Gasteiger partial charge in [-0.15, -0.1) is 0 Å². The van der Waals surface area contributed by atoms with E-state index in [-0.39, 0.29) is 37.6 Å². The van der Waals surface area contributed by atoms with E-state index in [0.29, 0.717) is 18.8 Å². The summed E-state index contributed by atoms with van der Waals surface area (Å²) in [5.74, 6) is 0.976. The molecule has 194 valence electrons. The Morgan fingerprint density at radius 2 is 2.05 bits per heavy atom. The molecule has 1 N–H and O–H groups in total. The molecule has 5 rings (SSSR count). The first-order valence-electron chi connectivity index (χ1n) is 12.4. The van der Waals surface area contributed by atoms with E-state index in [4.69, 9.17) is 18.9 Å². The highest BCUT2D eigenvalue weighted by Gasteiger charge is 2.27. The lowest BCUT2D eigenvalue weighted by Crippen LogP contribution is -2.47. The van der Waals surface area contributed by atoms with E-state index < -0.39 is 11.9 Å². The van der Waals surface area contributed by atoms with Crippen molar-refractivity contribution < 1.29 is 28.1 Å². The van der Waals surface area contributed by atoms with Gasteiger partial charge in [0.2, 0.25) is 6.79 Å². The Morgan fingerprint density at radius 3 is 2.86 bits per heavy atom. The predicted octanol–water partition coefficient (Wildman–Crippen LogP) is 3.69. The van der Waals surface area contributed by atoms with Crippen molar-refractivity contribution >= 4 is 5.91 Å². The van der Waals surface area contributed by atoms with E-state index in [1.54, 1.807) is 18.3 Å². The van der Waals surface area contributed by atoms with E-state index in [1.165, 1.54) is 12.1 Å². The van der Waals surface area contributed by atoms with Crippen LogP contribution in [-0.2, 0) is 22.6 Å². The fourth-order valence-electron chi connectivity index (χ4n) is 4.48. The van der Waals surface area contributed by atoms with Gasteiger partial charge in [-0.1, -0.05) is 18.2 Å². The number of carbonyl (C=O) groups is 1. The Morgan fingerprint density at radius 1 is 1.14 bits per heavy atom. The monoisotopic (exact) mass is 507 g/mol.